The maximum absolute atomic E-state index is 9.94. The third-order valence-electron chi connectivity index (χ3n) is 2.59. The van der Waals surface area contributed by atoms with Crippen LogP contribution in [0.4, 0.5) is 0 Å². The predicted octanol–water partition coefficient (Wildman–Crippen LogP) is 1.26. The highest BCUT2D eigenvalue weighted by atomic mass is 16.3. The number of rotatable bonds is 6. The minimum absolute atomic E-state index is 0.0463. The second kappa shape index (κ2) is 6.83. The van der Waals surface area contributed by atoms with E-state index in [2.05, 4.69) is 36.0 Å². The molecule has 0 spiro atoms. The van der Waals surface area contributed by atoms with E-state index in [-0.39, 0.29) is 11.6 Å². The Balaban J connectivity index is 2.29. The van der Waals surface area contributed by atoms with Crippen LogP contribution in [0, 0.1) is 0 Å². The summed E-state index contributed by atoms with van der Waals surface area (Å²) in [6.45, 7) is 8.39. The van der Waals surface area contributed by atoms with E-state index in [4.69, 9.17) is 0 Å². The zero-order chi connectivity index (χ0) is 13.6. The van der Waals surface area contributed by atoms with Gasteiger partial charge in [0.05, 0.1) is 6.10 Å². The number of nitrogens with zero attached hydrogens (tertiary/aromatic N) is 2. The van der Waals surface area contributed by atoms with E-state index in [0.717, 1.165) is 6.54 Å². The number of likely N-dealkylation sites (N-methyl/N-ethyl adjacent to an activating group) is 1. The highest BCUT2D eigenvalue weighted by Crippen LogP contribution is 2.03. The van der Waals surface area contributed by atoms with Crippen LogP contribution in [0.2, 0.25) is 0 Å². The van der Waals surface area contributed by atoms with Gasteiger partial charge in [-0.1, -0.05) is 0 Å². The molecule has 0 radical (unpaired) electrons. The zero-order valence-corrected chi connectivity index (χ0v) is 11.8. The van der Waals surface area contributed by atoms with E-state index < -0.39 is 0 Å². The fourth-order valence-electron chi connectivity index (χ4n) is 1.71. The third-order valence-corrected chi connectivity index (χ3v) is 2.59. The minimum Gasteiger partial charge on any atom is -0.390 e. The Bertz CT molecular complexity index is 335. The van der Waals surface area contributed by atoms with Gasteiger partial charge in [-0.15, -0.1) is 0 Å². The normalized spacial score (nSPS) is 13.9. The lowest BCUT2D eigenvalue weighted by molar-refractivity contribution is 0.114. The Labute approximate surface area is 110 Å². The molecule has 0 aliphatic heterocycles. The fourth-order valence-corrected chi connectivity index (χ4v) is 1.71. The number of aromatic nitrogens is 1. The quantitative estimate of drug-likeness (QED) is 0.799. The van der Waals surface area contributed by atoms with Gasteiger partial charge in [0.2, 0.25) is 0 Å². The molecule has 0 saturated heterocycles. The number of aliphatic hydroxyl groups is 1. The number of β-amino-alcohol motifs (C(OH)–C–C–N with tert-alkyl or cyclic N) is 1. The molecule has 1 aromatic heterocycles. The van der Waals surface area contributed by atoms with Crippen LogP contribution in [0.1, 0.15) is 26.3 Å². The van der Waals surface area contributed by atoms with E-state index in [0.29, 0.717) is 13.1 Å². The topological polar surface area (TPSA) is 48.4 Å². The molecular weight excluding hydrogens is 226 g/mol. The molecule has 0 bridgehead atoms. The molecule has 1 heterocycles. The van der Waals surface area contributed by atoms with Crippen LogP contribution < -0.4 is 5.32 Å². The Morgan fingerprint density at radius 1 is 1.33 bits per heavy atom. The molecule has 2 N–H and O–H groups in total. The van der Waals surface area contributed by atoms with Crippen LogP contribution in [0.3, 0.4) is 0 Å². The molecule has 1 unspecified atom stereocenters. The lowest BCUT2D eigenvalue weighted by atomic mass is 10.1. The van der Waals surface area contributed by atoms with E-state index in [1.165, 1.54) is 5.56 Å². The summed E-state index contributed by atoms with van der Waals surface area (Å²) in [6.07, 6.45) is 3.23. The highest BCUT2D eigenvalue weighted by molar-refractivity contribution is 5.09. The van der Waals surface area contributed by atoms with Gasteiger partial charge in [-0.25, -0.2) is 0 Å². The van der Waals surface area contributed by atoms with Crippen LogP contribution in [-0.4, -0.2) is 46.8 Å². The molecule has 102 valence electrons. The molecule has 4 nitrogen and oxygen atoms in total. The molecule has 0 aliphatic rings. The first kappa shape index (κ1) is 15.1. The number of nitrogens with one attached hydrogen (secondary N) is 1. The molecule has 0 aliphatic carbocycles. The molecule has 1 aromatic rings. The fraction of sp³-hybridized carbons (Fsp3) is 0.643. The van der Waals surface area contributed by atoms with Gasteiger partial charge < -0.3 is 10.4 Å². The van der Waals surface area contributed by atoms with Gasteiger partial charge in [0.15, 0.2) is 0 Å². The van der Waals surface area contributed by atoms with E-state index >= 15 is 0 Å². The number of hydrogen-bond acceptors (Lipinski definition) is 4. The monoisotopic (exact) mass is 251 g/mol. The lowest BCUT2D eigenvalue weighted by Gasteiger charge is -2.25. The summed E-state index contributed by atoms with van der Waals surface area (Å²) in [5.41, 5.74) is 1.26. The van der Waals surface area contributed by atoms with Crippen molar-refractivity contribution < 1.29 is 5.11 Å². The van der Waals surface area contributed by atoms with Crippen molar-refractivity contribution in [3.63, 3.8) is 0 Å². The molecule has 4 heteroatoms. The first-order valence-corrected chi connectivity index (χ1v) is 6.37. The Hall–Kier alpha value is -0.970. The molecule has 1 rings (SSSR count). The second-order valence-corrected chi connectivity index (χ2v) is 5.84. The van der Waals surface area contributed by atoms with Gasteiger partial charge in [0.1, 0.15) is 0 Å². The van der Waals surface area contributed by atoms with Gasteiger partial charge >= 0.3 is 0 Å². The van der Waals surface area contributed by atoms with E-state index in [9.17, 15) is 5.11 Å². The van der Waals surface area contributed by atoms with Crippen molar-refractivity contribution in [2.75, 3.05) is 20.1 Å². The summed E-state index contributed by atoms with van der Waals surface area (Å²) in [5, 5.41) is 13.2. The number of aliphatic hydroxyl groups excluding tert-OH is 1. The highest BCUT2D eigenvalue weighted by Gasteiger charge is 2.13. The van der Waals surface area contributed by atoms with E-state index in [1.807, 2.05) is 19.2 Å². The van der Waals surface area contributed by atoms with Crippen LogP contribution >= 0.6 is 0 Å². The van der Waals surface area contributed by atoms with Crippen LogP contribution in [-0.2, 0) is 6.54 Å². The summed E-state index contributed by atoms with van der Waals surface area (Å²) in [7, 11) is 2.01. The molecule has 1 atom stereocenters. The van der Waals surface area contributed by atoms with Crippen molar-refractivity contribution in [3.05, 3.63) is 30.1 Å². The summed E-state index contributed by atoms with van der Waals surface area (Å²) in [6, 6.07) is 3.99. The summed E-state index contributed by atoms with van der Waals surface area (Å²) in [5.74, 6) is 0. The van der Waals surface area contributed by atoms with Gasteiger partial charge in [-0.3, -0.25) is 9.88 Å². The number of hydrogen-bond donors (Lipinski definition) is 2. The average molecular weight is 251 g/mol. The van der Waals surface area contributed by atoms with Gasteiger partial charge in [0, 0.05) is 37.6 Å². The molecule has 0 amide bonds. The first-order chi connectivity index (χ1) is 8.37. The van der Waals surface area contributed by atoms with E-state index in [1.54, 1.807) is 12.4 Å². The van der Waals surface area contributed by atoms with Gasteiger partial charge in [-0.2, -0.15) is 0 Å². The van der Waals surface area contributed by atoms with Crippen molar-refractivity contribution in [2.24, 2.45) is 0 Å². The SMILES string of the molecule is CN(Cc1ccncc1)CC(O)CNC(C)(C)C. The molecule has 18 heavy (non-hydrogen) atoms. The summed E-state index contributed by atoms with van der Waals surface area (Å²) in [4.78, 5) is 6.11. The van der Waals surface area contributed by atoms with Crippen molar-refractivity contribution in [3.8, 4) is 0 Å². The van der Waals surface area contributed by atoms with Crippen LogP contribution in [0.5, 0.6) is 0 Å². The van der Waals surface area contributed by atoms with Crippen molar-refractivity contribution in [1.82, 2.24) is 15.2 Å². The maximum atomic E-state index is 9.94. The lowest BCUT2D eigenvalue weighted by Crippen LogP contribution is -2.44. The second-order valence-electron chi connectivity index (χ2n) is 5.84. The Kier molecular flexibility index (Phi) is 5.72. The molecule has 0 saturated carbocycles. The van der Waals surface area contributed by atoms with Crippen LogP contribution in [0.25, 0.3) is 0 Å². The number of pyridine rings is 1. The third kappa shape index (κ3) is 6.69. The predicted molar refractivity (Wildman–Crippen MR) is 74.3 cm³/mol. The molecular formula is C14H25N3O. The minimum atomic E-state index is -0.351. The molecule has 0 aromatic carbocycles. The van der Waals surface area contributed by atoms with Crippen LogP contribution in [0.15, 0.2) is 24.5 Å². The van der Waals surface area contributed by atoms with Crippen molar-refractivity contribution >= 4 is 0 Å². The Morgan fingerprint density at radius 3 is 2.50 bits per heavy atom. The van der Waals surface area contributed by atoms with Crippen molar-refractivity contribution in [1.29, 1.82) is 0 Å². The Morgan fingerprint density at radius 2 is 1.94 bits per heavy atom. The maximum Gasteiger partial charge on any atom is 0.0791 e. The largest absolute Gasteiger partial charge is 0.390 e. The summed E-state index contributed by atoms with van der Waals surface area (Å²) < 4.78 is 0. The van der Waals surface area contributed by atoms with Gasteiger partial charge in [0.25, 0.3) is 0 Å². The standard InChI is InChI=1S/C14H25N3O/c1-14(2,3)16-9-13(18)11-17(4)10-12-5-7-15-8-6-12/h5-8,13,16,18H,9-11H2,1-4H3. The van der Waals surface area contributed by atoms with Crippen molar-refractivity contribution in [2.45, 2.75) is 39.0 Å². The zero-order valence-electron chi connectivity index (χ0n) is 11.8. The smallest absolute Gasteiger partial charge is 0.0791 e. The molecule has 0 fully saturated rings. The van der Waals surface area contributed by atoms with Gasteiger partial charge in [-0.05, 0) is 45.5 Å². The summed E-state index contributed by atoms with van der Waals surface area (Å²) >= 11 is 0. The average Bonchev–Trinajstić information content (AvgIpc) is 2.26. The first-order valence-electron chi connectivity index (χ1n) is 6.37.